The second kappa shape index (κ2) is 3.84. The van der Waals surface area contributed by atoms with Crippen molar-refractivity contribution < 1.29 is 14.5 Å². The predicted octanol–water partition coefficient (Wildman–Crippen LogP) is 1.39. The maximum atomic E-state index is 10.5. The normalized spacial score (nSPS) is 15.8. The smallest absolute Gasteiger partial charge is 0.307 e. The molecule has 0 heterocycles. The van der Waals surface area contributed by atoms with Crippen molar-refractivity contribution >= 4 is 5.97 Å². The summed E-state index contributed by atoms with van der Waals surface area (Å²) in [6.45, 7) is 1.30. The zero-order chi connectivity index (χ0) is 9.84. The fourth-order valence-electron chi connectivity index (χ4n) is 1.03. The van der Waals surface area contributed by atoms with Gasteiger partial charge in [-0.15, -0.1) is 0 Å². The van der Waals surface area contributed by atoms with Gasteiger partial charge in [0.05, 0.1) is 4.92 Å². The van der Waals surface area contributed by atoms with Crippen LogP contribution in [-0.4, -0.2) is 10.9 Å². The molecule has 1 rings (SSSR count). The first kappa shape index (κ1) is 9.44. The highest BCUT2D eigenvalue weighted by molar-refractivity contribution is 5.67. The SMILES string of the molecule is CC(=O)OC1=CC=C([N+](=O)[O-])CC1. The Bertz CT molecular complexity index is 303. The molecular weight excluding hydrogens is 174 g/mol. The maximum Gasteiger partial charge on any atom is 0.307 e. The molecule has 5 nitrogen and oxygen atoms in total. The Morgan fingerprint density at radius 3 is 2.62 bits per heavy atom. The third kappa shape index (κ3) is 2.70. The summed E-state index contributed by atoms with van der Waals surface area (Å²) in [6.07, 6.45) is 3.54. The largest absolute Gasteiger partial charge is 0.431 e. The van der Waals surface area contributed by atoms with Crippen LogP contribution in [0.15, 0.2) is 23.6 Å². The number of esters is 1. The topological polar surface area (TPSA) is 69.4 Å². The van der Waals surface area contributed by atoms with Gasteiger partial charge in [-0.25, -0.2) is 0 Å². The van der Waals surface area contributed by atoms with Crippen molar-refractivity contribution in [2.75, 3.05) is 0 Å². The molecule has 0 amide bonds. The molecular formula is C8H9NO4. The summed E-state index contributed by atoms with van der Waals surface area (Å²) in [5.41, 5.74) is 0.149. The Morgan fingerprint density at radius 2 is 2.23 bits per heavy atom. The number of rotatable bonds is 2. The second-order valence-electron chi connectivity index (χ2n) is 2.64. The van der Waals surface area contributed by atoms with Crippen molar-refractivity contribution in [3.8, 4) is 0 Å². The molecule has 5 heteroatoms. The fourth-order valence-corrected chi connectivity index (χ4v) is 1.03. The molecule has 0 unspecified atom stereocenters. The van der Waals surface area contributed by atoms with Crippen LogP contribution in [0.5, 0.6) is 0 Å². The van der Waals surface area contributed by atoms with Crippen LogP contribution in [0.3, 0.4) is 0 Å². The lowest BCUT2D eigenvalue weighted by atomic mass is 10.1. The summed E-state index contributed by atoms with van der Waals surface area (Å²) in [4.78, 5) is 20.4. The van der Waals surface area contributed by atoms with Gasteiger partial charge in [-0.1, -0.05) is 0 Å². The van der Waals surface area contributed by atoms with Gasteiger partial charge in [-0.2, -0.15) is 0 Å². The van der Waals surface area contributed by atoms with Gasteiger partial charge in [-0.3, -0.25) is 14.9 Å². The molecule has 1 aliphatic rings. The van der Waals surface area contributed by atoms with E-state index in [4.69, 9.17) is 4.74 Å². The number of ether oxygens (including phenoxy) is 1. The summed E-state index contributed by atoms with van der Waals surface area (Å²) in [6, 6.07) is 0. The lowest BCUT2D eigenvalue weighted by Gasteiger charge is -2.08. The number of nitro groups is 1. The van der Waals surface area contributed by atoms with Gasteiger partial charge in [0.2, 0.25) is 5.70 Å². The standard InChI is InChI=1S/C8H9NO4/c1-6(10)13-8-4-2-7(3-5-8)9(11)12/h2,4H,3,5H2,1H3. The molecule has 0 aromatic carbocycles. The van der Waals surface area contributed by atoms with Gasteiger partial charge < -0.3 is 4.74 Å². The Labute approximate surface area is 74.8 Å². The van der Waals surface area contributed by atoms with Gasteiger partial charge in [0.15, 0.2) is 0 Å². The number of allylic oxidation sites excluding steroid dienone is 4. The van der Waals surface area contributed by atoms with Crippen LogP contribution in [0.1, 0.15) is 19.8 Å². The maximum absolute atomic E-state index is 10.5. The number of nitrogens with zero attached hydrogens (tertiary/aromatic N) is 1. The highest BCUT2D eigenvalue weighted by atomic mass is 16.6. The molecule has 0 aliphatic heterocycles. The van der Waals surface area contributed by atoms with Gasteiger partial charge in [0.1, 0.15) is 5.76 Å². The van der Waals surface area contributed by atoms with Gasteiger partial charge in [0, 0.05) is 25.8 Å². The zero-order valence-electron chi connectivity index (χ0n) is 7.15. The van der Waals surface area contributed by atoms with Crippen LogP contribution in [-0.2, 0) is 9.53 Å². The summed E-state index contributed by atoms with van der Waals surface area (Å²) in [7, 11) is 0. The third-order valence-electron chi connectivity index (χ3n) is 1.60. The van der Waals surface area contributed by atoms with Crippen molar-refractivity contribution in [1.82, 2.24) is 0 Å². The van der Waals surface area contributed by atoms with Crippen molar-refractivity contribution in [3.63, 3.8) is 0 Å². The van der Waals surface area contributed by atoms with Gasteiger partial charge >= 0.3 is 5.97 Å². The van der Waals surface area contributed by atoms with Crippen LogP contribution in [0.25, 0.3) is 0 Å². The summed E-state index contributed by atoms with van der Waals surface area (Å²) >= 11 is 0. The minimum atomic E-state index is -0.430. The molecule has 0 aromatic rings. The Morgan fingerprint density at radius 1 is 1.54 bits per heavy atom. The van der Waals surface area contributed by atoms with Crippen LogP contribution in [0, 0.1) is 10.1 Å². The molecule has 0 atom stereocenters. The summed E-state index contributed by atoms with van der Waals surface area (Å²) in [5, 5.41) is 10.3. The lowest BCUT2D eigenvalue weighted by Crippen LogP contribution is -2.06. The highest BCUT2D eigenvalue weighted by Gasteiger charge is 2.16. The van der Waals surface area contributed by atoms with E-state index in [1.165, 1.54) is 19.1 Å². The minimum absolute atomic E-state index is 0.149. The molecule has 13 heavy (non-hydrogen) atoms. The first-order valence-electron chi connectivity index (χ1n) is 3.82. The van der Waals surface area contributed by atoms with Crippen LogP contribution in [0.4, 0.5) is 0 Å². The van der Waals surface area contributed by atoms with Crippen molar-refractivity contribution in [3.05, 3.63) is 33.7 Å². The van der Waals surface area contributed by atoms with E-state index < -0.39 is 10.9 Å². The summed E-state index contributed by atoms with van der Waals surface area (Å²) < 4.78 is 4.77. The molecule has 0 N–H and O–H groups in total. The number of hydrogen-bond donors (Lipinski definition) is 0. The molecule has 0 saturated heterocycles. The first-order chi connectivity index (χ1) is 6.09. The monoisotopic (exact) mass is 183 g/mol. The van der Waals surface area contributed by atoms with Crippen LogP contribution in [0.2, 0.25) is 0 Å². The van der Waals surface area contributed by atoms with Crippen molar-refractivity contribution in [2.24, 2.45) is 0 Å². The molecule has 0 aromatic heterocycles. The fraction of sp³-hybridized carbons (Fsp3) is 0.375. The Kier molecular flexibility index (Phi) is 2.79. The Balaban J connectivity index is 2.65. The first-order valence-corrected chi connectivity index (χ1v) is 3.82. The second-order valence-corrected chi connectivity index (χ2v) is 2.64. The van der Waals surface area contributed by atoms with E-state index in [9.17, 15) is 14.9 Å². The van der Waals surface area contributed by atoms with Crippen molar-refractivity contribution in [2.45, 2.75) is 19.8 Å². The van der Waals surface area contributed by atoms with E-state index in [0.29, 0.717) is 18.6 Å². The minimum Gasteiger partial charge on any atom is -0.431 e. The molecule has 0 radical (unpaired) electrons. The average Bonchev–Trinajstić information content (AvgIpc) is 2.04. The highest BCUT2D eigenvalue weighted by Crippen LogP contribution is 2.19. The summed E-state index contributed by atoms with van der Waals surface area (Å²) in [5.74, 6) is 0.0855. The predicted molar refractivity (Wildman–Crippen MR) is 44.2 cm³/mol. The molecule has 0 fully saturated rings. The molecule has 1 aliphatic carbocycles. The number of carbonyl (C=O) groups is 1. The van der Waals surface area contributed by atoms with E-state index >= 15 is 0 Å². The molecule has 0 bridgehead atoms. The number of carbonyl (C=O) groups excluding carboxylic acids is 1. The zero-order valence-corrected chi connectivity index (χ0v) is 7.15. The van der Waals surface area contributed by atoms with Gasteiger partial charge in [0.25, 0.3) is 0 Å². The van der Waals surface area contributed by atoms with Crippen LogP contribution >= 0.6 is 0 Å². The van der Waals surface area contributed by atoms with E-state index in [-0.39, 0.29) is 5.70 Å². The average molecular weight is 183 g/mol. The molecule has 70 valence electrons. The third-order valence-corrected chi connectivity index (χ3v) is 1.60. The van der Waals surface area contributed by atoms with Crippen molar-refractivity contribution in [1.29, 1.82) is 0 Å². The van der Waals surface area contributed by atoms with Crippen LogP contribution < -0.4 is 0 Å². The molecule has 0 saturated carbocycles. The Hall–Kier alpha value is -1.65. The quantitative estimate of drug-likeness (QED) is 0.368. The number of hydrogen-bond acceptors (Lipinski definition) is 4. The van der Waals surface area contributed by atoms with E-state index in [2.05, 4.69) is 0 Å². The lowest BCUT2D eigenvalue weighted by molar-refractivity contribution is -0.428. The van der Waals surface area contributed by atoms with Gasteiger partial charge in [-0.05, 0) is 6.08 Å². The van der Waals surface area contributed by atoms with E-state index in [1.54, 1.807) is 0 Å². The van der Waals surface area contributed by atoms with E-state index in [0.717, 1.165) is 0 Å². The molecule has 0 spiro atoms. The van der Waals surface area contributed by atoms with E-state index in [1.807, 2.05) is 0 Å².